The molecule has 0 saturated carbocycles. The first-order valence-corrected chi connectivity index (χ1v) is 5.95. The van der Waals surface area contributed by atoms with Gasteiger partial charge >= 0.3 is 0 Å². The lowest BCUT2D eigenvalue weighted by molar-refractivity contribution is 0.415. The van der Waals surface area contributed by atoms with Crippen LogP contribution in [0.15, 0.2) is 36.4 Å². The van der Waals surface area contributed by atoms with Gasteiger partial charge in [-0.25, -0.2) is 0 Å². The van der Waals surface area contributed by atoms with Crippen molar-refractivity contribution in [3.63, 3.8) is 0 Å². The predicted octanol–water partition coefficient (Wildman–Crippen LogP) is 4.54. The third-order valence-electron chi connectivity index (χ3n) is 2.55. The van der Waals surface area contributed by atoms with E-state index in [9.17, 15) is 0 Å². The Morgan fingerprint density at radius 3 is 2.06 bits per heavy atom. The molecule has 2 nitrogen and oxygen atoms in total. The molecule has 0 fully saturated rings. The van der Waals surface area contributed by atoms with Gasteiger partial charge in [-0.2, -0.15) is 5.26 Å². The number of rotatable bonds is 2. The van der Waals surface area contributed by atoms with Gasteiger partial charge in [-0.15, -0.1) is 0 Å². The monoisotopic (exact) mass is 277 g/mol. The van der Waals surface area contributed by atoms with Crippen molar-refractivity contribution in [3.8, 4) is 22.9 Å². The number of methoxy groups -OCH3 is 1. The molecule has 0 amide bonds. The summed E-state index contributed by atoms with van der Waals surface area (Å²) in [6.45, 7) is 0. The van der Waals surface area contributed by atoms with Gasteiger partial charge in [-0.1, -0.05) is 35.3 Å². The molecule has 0 aliphatic heterocycles. The molecular weight excluding hydrogens is 269 g/mol. The maximum atomic E-state index is 8.83. The molecule has 0 aliphatic rings. The molecule has 18 heavy (non-hydrogen) atoms. The van der Waals surface area contributed by atoms with E-state index in [0.29, 0.717) is 15.6 Å². The summed E-state index contributed by atoms with van der Waals surface area (Å²) in [5.41, 5.74) is 2.05. The Hall–Kier alpha value is -1.69. The third kappa shape index (κ3) is 2.43. The van der Waals surface area contributed by atoms with Crippen molar-refractivity contribution in [2.45, 2.75) is 0 Å². The smallest absolute Gasteiger partial charge is 0.118 e. The molecule has 0 spiro atoms. The Kier molecular flexibility index (Phi) is 3.76. The Morgan fingerprint density at radius 1 is 1.06 bits per heavy atom. The van der Waals surface area contributed by atoms with Gasteiger partial charge in [0.2, 0.25) is 0 Å². The van der Waals surface area contributed by atoms with E-state index < -0.39 is 0 Å². The number of hydrogen-bond donors (Lipinski definition) is 0. The Bertz CT molecular complexity index is 592. The molecule has 0 unspecified atom stereocenters. The highest BCUT2D eigenvalue weighted by Gasteiger charge is 2.10. The van der Waals surface area contributed by atoms with E-state index in [1.807, 2.05) is 30.3 Å². The van der Waals surface area contributed by atoms with Crippen molar-refractivity contribution in [2.75, 3.05) is 7.11 Å². The van der Waals surface area contributed by atoms with E-state index in [4.69, 9.17) is 33.2 Å². The normalized spacial score (nSPS) is 9.89. The summed E-state index contributed by atoms with van der Waals surface area (Å²) in [6.07, 6.45) is 0. The van der Waals surface area contributed by atoms with E-state index in [1.165, 1.54) is 0 Å². The summed E-state index contributed by atoms with van der Waals surface area (Å²) in [4.78, 5) is 0. The lowest BCUT2D eigenvalue weighted by Gasteiger charge is -2.08. The zero-order valence-electron chi connectivity index (χ0n) is 9.58. The number of nitrogens with zero attached hydrogens (tertiary/aromatic N) is 1. The second-order valence-electron chi connectivity index (χ2n) is 3.66. The molecule has 0 atom stereocenters. The van der Waals surface area contributed by atoms with Crippen LogP contribution in [0.4, 0.5) is 0 Å². The molecule has 0 aromatic heterocycles. The Balaban J connectivity index is 2.53. The van der Waals surface area contributed by atoms with Gasteiger partial charge in [0.25, 0.3) is 0 Å². The fourth-order valence-electron chi connectivity index (χ4n) is 1.67. The van der Waals surface area contributed by atoms with E-state index >= 15 is 0 Å². The maximum Gasteiger partial charge on any atom is 0.118 e. The zero-order chi connectivity index (χ0) is 13.1. The summed E-state index contributed by atoms with van der Waals surface area (Å²) >= 11 is 12.3. The molecule has 0 radical (unpaired) electrons. The van der Waals surface area contributed by atoms with E-state index in [1.54, 1.807) is 19.2 Å². The summed E-state index contributed by atoms with van der Waals surface area (Å²) in [5, 5.41) is 9.76. The number of ether oxygens (including phenoxy) is 1. The van der Waals surface area contributed by atoms with Gasteiger partial charge < -0.3 is 4.74 Å². The molecule has 2 rings (SSSR count). The Morgan fingerprint density at radius 2 is 1.61 bits per heavy atom. The molecule has 0 N–H and O–H groups in total. The topological polar surface area (TPSA) is 33.0 Å². The van der Waals surface area contributed by atoms with Crippen molar-refractivity contribution >= 4 is 23.2 Å². The second-order valence-corrected chi connectivity index (χ2v) is 4.47. The summed E-state index contributed by atoms with van der Waals surface area (Å²) in [6, 6.07) is 12.6. The SMILES string of the molecule is COc1ccc(-c2c(Cl)cc(C#N)cc2Cl)cc1. The zero-order valence-corrected chi connectivity index (χ0v) is 11.1. The quantitative estimate of drug-likeness (QED) is 0.807. The number of nitriles is 1. The number of benzene rings is 2. The Labute approximate surface area is 115 Å². The minimum absolute atomic E-state index is 0.447. The molecule has 90 valence electrons. The van der Waals surface area contributed by atoms with Gasteiger partial charge in [0.15, 0.2) is 0 Å². The lowest BCUT2D eigenvalue weighted by Crippen LogP contribution is -1.86. The first kappa shape index (κ1) is 12.8. The summed E-state index contributed by atoms with van der Waals surface area (Å²) in [5.74, 6) is 0.764. The van der Waals surface area contributed by atoms with E-state index in [0.717, 1.165) is 16.9 Å². The second kappa shape index (κ2) is 5.30. The van der Waals surface area contributed by atoms with Crippen molar-refractivity contribution < 1.29 is 4.74 Å². The third-order valence-corrected chi connectivity index (χ3v) is 3.15. The largest absolute Gasteiger partial charge is 0.497 e. The molecule has 0 bridgehead atoms. The average molecular weight is 278 g/mol. The van der Waals surface area contributed by atoms with Crippen LogP contribution < -0.4 is 4.74 Å². The minimum Gasteiger partial charge on any atom is -0.497 e. The van der Waals surface area contributed by atoms with Crippen molar-refractivity contribution in [1.82, 2.24) is 0 Å². The summed E-state index contributed by atoms with van der Waals surface area (Å²) in [7, 11) is 1.61. The number of halogens is 2. The van der Waals surface area contributed by atoms with E-state index in [-0.39, 0.29) is 0 Å². The van der Waals surface area contributed by atoms with Crippen LogP contribution in [0.5, 0.6) is 5.75 Å². The van der Waals surface area contributed by atoms with Crippen LogP contribution in [0.1, 0.15) is 5.56 Å². The fraction of sp³-hybridized carbons (Fsp3) is 0.0714. The van der Waals surface area contributed by atoms with Crippen molar-refractivity contribution in [1.29, 1.82) is 5.26 Å². The maximum absolute atomic E-state index is 8.83. The highest BCUT2D eigenvalue weighted by atomic mass is 35.5. The molecule has 2 aromatic carbocycles. The van der Waals surface area contributed by atoms with E-state index in [2.05, 4.69) is 0 Å². The first-order chi connectivity index (χ1) is 8.65. The standard InChI is InChI=1S/C14H9Cl2NO/c1-18-11-4-2-10(3-5-11)14-12(15)6-9(8-17)7-13(14)16/h2-7H,1H3. The highest BCUT2D eigenvalue weighted by Crippen LogP contribution is 2.36. The molecule has 0 saturated heterocycles. The van der Waals surface area contributed by atoms with Gasteiger partial charge in [0.05, 0.1) is 28.8 Å². The lowest BCUT2D eigenvalue weighted by atomic mass is 10.0. The summed E-state index contributed by atoms with van der Waals surface area (Å²) < 4.78 is 5.09. The van der Waals surface area contributed by atoms with Crippen LogP contribution in [0.25, 0.3) is 11.1 Å². The average Bonchev–Trinajstić information content (AvgIpc) is 2.38. The minimum atomic E-state index is 0.447. The van der Waals surface area contributed by atoms with Crippen LogP contribution in [-0.4, -0.2) is 7.11 Å². The molecule has 2 aromatic rings. The van der Waals surface area contributed by atoms with Gasteiger partial charge in [-0.05, 0) is 29.8 Å². The van der Waals surface area contributed by atoms with Crippen molar-refractivity contribution in [3.05, 3.63) is 52.0 Å². The van der Waals surface area contributed by atoms with Crippen LogP contribution in [-0.2, 0) is 0 Å². The van der Waals surface area contributed by atoms with Crippen LogP contribution in [0.3, 0.4) is 0 Å². The molecular formula is C14H9Cl2NO. The fourth-order valence-corrected chi connectivity index (χ4v) is 2.38. The highest BCUT2D eigenvalue weighted by molar-refractivity contribution is 6.39. The van der Waals surface area contributed by atoms with Crippen LogP contribution in [0, 0.1) is 11.3 Å². The van der Waals surface area contributed by atoms with Gasteiger partial charge in [0.1, 0.15) is 5.75 Å². The molecule has 0 heterocycles. The number of hydrogen-bond acceptors (Lipinski definition) is 2. The predicted molar refractivity (Wildman–Crippen MR) is 73.2 cm³/mol. The first-order valence-electron chi connectivity index (χ1n) is 5.19. The van der Waals surface area contributed by atoms with Crippen LogP contribution >= 0.6 is 23.2 Å². The molecule has 0 aliphatic carbocycles. The van der Waals surface area contributed by atoms with Crippen LogP contribution in [0.2, 0.25) is 10.0 Å². The van der Waals surface area contributed by atoms with Gasteiger partial charge in [-0.3, -0.25) is 0 Å². The van der Waals surface area contributed by atoms with Crippen molar-refractivity contribution in [2.24, 2.45) is 0 Å². The molecule has 4 heteroatoms. The van der Waals surface area contributed by atoms with Gasteiger partial charge in [0, 0.05) is 5.56 Å².